The third-order valence-electron chi connectivity index (χ3n) is 4.61. The first-order chi connectivity index (χ1) is 13.1. The van der Waals surface area contributed by atoms with E-state index < -0.39 is 0 Å². The summed E-state index contributed by atoms with van der Waals surface area (Å²) in [5, 5.41) is 3.17. The van der Waals surface area contributed by atoms with Crippen molar-refractivity contribution in [1.82, 2.24) is 0 Å². The molecule has 152 valence electrons. The Balaban J connectivity index is 0.00000280. The number of aryl methyl sites for hydroxylation is 2. The second kappa shape index (κ2) is 10.4. The maximum atomic E-state index is 6.07. The molecule has 0 radical (unpaired) electrons. The summed E-state index contributed by atoms with van der Waals surface area (Å²) >= 11 is 0. The molecular formula is C21H28IN3O3. The third kappa shape index (κ3) is 5.21. The molecule has 28 heavy (non-hydrogen) atoms. The minimum Gasteiger partial charge on any atom is -0.493 e. The van der Waals surface area contributed by atoms with E-state index in [1.165, 1.54) is 24.0 Å². The molecule has 0 atom stereocenters. The van der Waals surface area contributed by atoms with Crippen LogP contribution in [0.2, 0.25) is 0 Å². The minimum atomic E-state index is 0. The van der Waals surface area contributed by atoms with Gasteiger partial charge in [0.2, 0.25) is 5.75 Å². The summed E-state index contributed by atoms with van der Waals surface area (Å²) in [7, 11) is 3.21. The van der Waals surface area contributed by atoms with Crippen molar-refractivity contribution in [3.63, 3.8) is 0 Å². The van der Waals surface area contributed by atoms with Crippen LogP contribution in [0.4, 0.5) is 5.69 Å². The number of hydrogen-bond acceptors (Lipinski definition) is 4. The van der Waals surface area contributed by atoms with E-state index in [9.17, 15) is 0 Å². The molecule has 1 aliphatic rings. The summed E-state index contributed by atoms with van der Waals surface area (Å²) < 4.78 is 16.5. The minimum absolute atomic E-state index is 0. The lowest BCUT2D eigenvalue weighted by molar-refractivity contribution is 0.288. The van der Waals surface area contributed by atoms with Crippen molar-refractivity contribution in [2.75, 3.05) is 26.1 Å². The van der Waals surface area contributed by atoms with E-state index in [0.717, 1.165) is 17.7 Å². The van der Waals surface area contributed by atoms with Gasteiger partial charge >= 0.3 is 0 Å². The summed E-state index contributed by atoms with van der Waals surface area (Å²) in [6, 6.07) is 10.2. The molecule has 2 aromatic carbocycles. The lowest BCUT2D eigenvalue weighted by atomic mass is 10.1. The molecule has 0 aliphatic heterocycles. The molecule has 1 aliphatic carbocycles. The fourth-order valence-electron chi connectivity index (χ4n) is 3.33. The lowest BCUT2D eigenvalue weighted by Gasteiger charge is -2.15. The zero-order valence-corrected chi connectivity index (χ0v) is 18.9. The Labute approximate surface area is 183 Å². The molecule has 2 aromatic rings. The molecule has 0 saturated heterocycles. The van der Waals surface area contributed by atoms with Crippen LogP contribution < -0.4 is 25.3 Å². The maximum absolute atomic E-state index is 6.07. The molecule has 3 rings (SSSR count). The number of guanidine groups is 1. The van der Waals surface area contributed by atoms with Crippen LogP contribution in [0.15, 0.2) is 35.3 Å². The number of aliphatic imine (C=N–C) groups is 1. The fraction of sp³-hybridized carbons (Fsp3) is 0.381. The molecule has 0 fully saturated rings. The zero-order chi connectivity index (χ0) is 19.2. The smallest absolute Gasteiger partial charge is 0.203 e. The third-order valence-corrected chi connectivity index (χ3v) is 4.61. The lowest BCUT2D eigenvalue weighted by Crippen LogP contribution is -2.22. The second-order valence-electron chi connectivity index (χ2n) is 6.43. The van der Waals surface area contributed by atoms with E-state index in [1.807, 2.05) is 19.1 Å². The average molecular weight is 497 g/mol. The predicted molar refractivity (Wildman–Crippen MR) is 124 cm³/mol. The number of rotatable bonds is 7. The Morgan fingerprint density at radius 3 is 2.39 bits per heavy atom. The van der Waals surface area contributed by atoms with Gasteiger partial charge in [0.15, 0.2) is 17.5 Å². The van der Waals surface area contributed by atoms with Crippen LogP contribution in [0.25, 0.3) is 0 Å². The number of halogens is 1. The molecule has 0 saturated carbocycles. The van der Waals surface area contributed by atoms with E-state index >= 15 is 0 Å². The van der Waals surface area contributed by atoms with Gasteiger partial charge in [0.05, 0.1) is 27.4 Å². The Hall–Kier alpha value is -2.16. The monoisotopic (exact) mass is 497 g/mol. The second-order valence-corrected chi connectivity index (χ2v) is 6.43. The number of nitrogens with zero attached hydrogens (tertiary/aromatic N) is 1. The summed E-state index contributed by atoms with van der Waals surface area (Å²) in [6.07, 6.45) is 3.53. The summed E-state index contributed by atoms with van der Waals surface area (Å²) in [5.74, 6) is 2.21. The largest absolute Gasteiger partial charge is 0.493 e. The van der Waals surface area contributed by atoms with Gasteiger partial charge in [0, 0.05) is 5.69 Å². The first kappa shape index (κ1) is 22.1. The highest BCUT2D eigenvalue weighted by molar-refractivity contribution is 14.0. The molecule has 0 spiro atoms. The number of methoxy groups -OCH3 is 2. The van der Waals surface area contributed by atoms with Gasteiger partial charge in [0.25, 0.3) is 0 Å². The molecular weight excluding hydrogens is 469 g/mol. The van der Waals surface area contributed by atoms with Gasteiger partial charge in [-0.15, -0.1) is 24.0 Å². The van der Waals surface area contributed by atoms with Crippen molar-refractivity contribution in [2.24, 2.45) is 10.7 Å². The molecule has 7 heteroatoms. The van der Waals surface area contributed by atoms with Crippen LogP contribution in [-0.2, 0) is 19.4 Å². The van der Waals surface area contributed by atoms with Gasteiger partial charge in [-0.25, -0.2) is 4.99 Å². The Morgan fingerprint density at radius 1 is 1.07 bits per heavy atom. The van der Waals surface area contributed by atoms with E-state index in [1.54, 1.807) is 14.2 Å². The number of benzene rings is 2. The number of nitrogens with one attached hydrogen (secondary N) is 1. The highest BCUT2D eigenvalue weighted by atomic mass is 127. The van der Waals surface area contributed by atoms with Crippen molar-refractivity contribution in [2.45, 2.75) is 32.7 Å². The van der Waals surface area contributed by atoms with Crippen LogP contribution in [0.1, 0.15) is 30.0 Å². The van der Waals surface area contributed by atoms with Crippen LogP contribution >= 0.6 is 24.0 Å². The molecule has 3 N–H and O–H groups in total. The molecule has 0 heterocycles. The van der Waals surface area contributed by atoms with Crippen LogP contribution in [0, 0.1) is 0 Å². The Bertz CT molecular complexity index is 815. The van der Waals surface area contributed by atoms with Crippen molar-refractivity contribution in [1.29, 1.82) is 0 Å². The van der Waals surface area contributed by atoms with E-state index in [-0.39, 0.29) is 24.0 Å². The Kier molecular flexibility index (Phi) is 8.22. The van der Waals surface area contributed by atoms with Gasteiger partial charge < -0.3 is 25.3 Å². The number of ether oxygens (including phenoxy) is 3. The zero-order valence-electron chi connectivity index (χ0n) is 16.6. The fourth-order valence-corrected chi connectivity index (χ4v) is 3.33. The van der Waals surface area contributed by atoms with Gasteiger partial charge in [-0.2, -0.15) is 0 Å². The van der Waals surface area contributed by atoms with Gasteiger partial charge in [-0.05, 0) is 67.1 Å². The van der Waals surface area contributed by atoms with Gasteiger partial charge in [-0.3, -0.25) is 0 Å². The van der Waals surface area contributed by atoms with E-state index in [4.69, 9.17) is 19.9 Å². The molecule has 0 unspecified atom stereocenters. The van der Waals surface area contributed by atoms with Crippen LogP contribution in [0.3, 0.4) is 0 Å². The number of fused-ring (bicyclic) bond motifs is 1. The molecule has 0 bridgehead atoms. The summed E-state index contributed by atoms with van der Waals surface area (Å²) in [4.78, 5) is 4.44. The normalized spacial score (nSPS) is 12.8. The van der Waals surface area contributed by atoms with Crippen molar-refractivity contribution in [3.05, 3.63) is 47.0 Å². The average Bonchev–Trinajstić information content (AvgIpc) is 3.14. The first-order valence-corrected chi connectivity index (χ1v) is 9.21. The Morgan fingerprint density at radius 2 is 1.75 bits per heavy atom. The number of nitrogens with two attached hydrogens (primary N) is 1. The van der Waals surface area contributed by atoms with Crippen molar-refractivity contribution < 1.29 is 14.2 Å². The van der Waals surface area contributed by atoms with Crippen molar-refractivity contribution >= 4 is 35.6 Å². The standard InChI is InChI=1S/C21H27N3O3.HI/c1-4-27-20-18(25-2)10-14(11-19(20)26-3)13-23-21(22)24-17-9-8-15-6-5-7-16(15)12-17;/h8-12H,4-7,13H2,1-3H3,(H3,22,23,24);1H. The highest BCUT2D eigenvalue weighted by Crippen LogP contribution is 2.38. The molecule has 0 aromatic heterocycles. The van der Waals surface area contributed by atoms with Crippen LogP contribution in [-0.4, -0.2) is 26.8 Å². The number of anilines is 1. The topological polar surface area (TPSA) is 78.1 Å². The highest BCUT2D eigenvalue weighted by Gasteiger charge is 2.14. The first-order valence-electron chi connectivity index (χ1n) is 9.21. The van der Waals surface area contributed by atoms with Crippen molar-refractivity contribution in [3.8, 4) is 17.2 Å². The van der Waals surface area contributed by atoms with E-state index in [2.05, 4.69) is 28.5 Å². The SMILES string of the molecule is CCOc1c(OC)cc(CN=C(N)Nc2ccc3c(c2)CCC3)cc1OC.I. The maximum Gasteiger partial charge on any atom is 0.203 e. The van der Waals surface area contributed by atoms with Crippen LogP contribution in [0.5, 0.6) is 17.2 Å². The summed E-state index contributed by atoms with van der Waals surface area (Å²) in [6.45, 7) is 2.85. The predicted octanol–water partition coefficient (Wildman–Crippen LogP) is 4.14. The molecule has 6 nitrogen and oxygen atoms in total. The molecule has 0 amide bonds. The van der Waals surface area contributed by atoms with Gasteiger partial charge in [0.1, 0.15) is 0 Å². The summed E-state index contributed by atoms with van der Waals surface area (Å²) in [5.41, 5.74) is 10.8. The van der Waals surface area contributed by atoms with E-state index in [0.29, 0.717) is 36.4 Å². The number of hydrogen-bond donors (Lipinski definition) is 2. The quantitative estimate of drug-likeness (QED) is 0.342. The van der Waals surface area contributed by atoms with Gasteiger partial charge in [-0.1, -0.05) is 6.07 Å².